The Morgan fingerprint density at radius 1 is 1.22 bits per heavy atom. The molecule has 2 rings (SSSR count). The first-order valence-corrected chi connectivity index (χ1v) is 13.5. The number of alkyl halides is 3. The number of hydrogen-bond acceptors (Lipinski definition) is 4. The van der Waals surface area contributed by atoms with Crippen LogP contribution in [0.2, 0.25) is 0 Å². The average Bonchev–Trinajstić information content (AvgIpc) is 3.18. The van der Waals surface area contributed by atoms with Gasteiger partial charge in [-0.25, -0.2) is 4.79 Å². The van der Waals surface area contributed by atoms with Crippen LogP contribution in [0.3, 0.4) is 0 Å². The molecular formula is C28H40F3NO3S. The fourth-order valence-electron chi connectivity index (χ4n) is 4.19. The molecule has 2 aliphatic rings. The summed E-state index contributed by atoms with van der Waals surface area (Å²) in [4.78, 5) is 14.1. The number of nitrogens with zero attached hydrogens (tertiary/aromatic N) is 1. The molecule has 0 aromatic heterocycles. The molecule has 0 amide bonds. The SMILES string of the molecule is CC/C=C(\C)CCN(CC/C(C)=C/COCC(=O)O)CC1SC(C2=CCC(C(F)(F)F)C=C2)=CC1C. The zero-order chi connectivity index (χ0) is 26.7. The largest absolute Gasteiger partial charge is 0.480 e. The zero-order valence-corrected chi connectivity index (χ0v) is 22.6. The summed E-state index contributed by atoms with van der Waals surface area (Å²) in [7, 11) is 0. The number of allylic oxidation sites excluding steroid dienone is 6. The minimum atomic E-state index is -4.19. The molecule has 0 spiro atoms. The van der Waals surface area contributed by atoms with E-state index in [1.165, 1.54) is 11.6 Å². The molecule has 3 atom stereocenters. The van der Waals surface area contributed by atoms with Gasteiger partial charge >= 0.3 is 12.1 Å². The van der Waals surface area contributed by atoms with Crippen molar-refractivity contribution in [1.29, 1.82) is 0 Å². The Labute approximate surface area is 218 Å². The van der Waals surface area contributed by atoms with Crippen molar-refractivity contribution in [2.24, 2.45) is 11.8 Å². The van der Waals surface area contributed by atoms with Crippen LogP contribution >= 0.6 is 11.8 Å². The van der Waals surface area contributed by atoms with Crippen molar-refractivity contribution in [3.8, 4) is 0 Å². The van der Waals surface area contributed by atoms with E-state index in [2.05, 4.69) is 37.8 Å². The molecule has 0 bridgehead atoms. The first kappa shape index (κ1) is 30.5. The van der Waals surface area contributed by atoms with Crippen molar-refractivity contribution in [3.63, 3.8) is 0 Å². The fourth-order valence-corrected chi connectivity index (χ4v) is 5.67. The maximum Gasteiger partial charge on any atom is 0.395 e. The number of thioether (sulfide) groups is 1. The maximum atomic E-state index is 13.0. The Morgan fingerprint density at radius 2 is 1.89 bits per heavy atom. The van der Waals surface area contributed by atoms with Crippen molar-refractivity contribution in [3.05, 3.63) is 58.1 Å². The number of rotatable bonds is 14. The quantitative estimate of drug-likeness (QED) is 0.192. The third kappa shape index (κ3) is 10.7. The van der Waals surface area contributed by atoms with Crippen LogP contribution in [0.25, 0.3) is 0 Å². The summed E-state index contributed by atoms with van der Waals surface area (Å²) in [6.07, 6.45) is 9.74. The molecule has 0 saturated heterocycles. The van der Waals surface area contributed by atoms with Gasteiger partial charge in [0.2, 0.25) is 0 Å². The third-order valence-corrected chi connectivity index (χ3v) is 8.00. The monoisotopic (exact) mass is 527 g/mol. The van der Waals surface area contributed by atoms with E-state index in [0.717, 1.165) is 54.9 Å². The summed E-state index contributed by atoms with van der Waals surface area (Å²) >= 11 is 1.77. The first-order valence-electron chi connectivity index (χ1n) is 12.7. The van der Waals surface area contributed by atoms with Crippen LogP contribution in [-0.4, -0.2) is 60.3 Å². The second-order valence-electron chi connectivity index (χ2n) is 9.67. The Bertz CT molecular complexity index is 889. The fraction of sp³-hybridized carbons (Fsp3) is 0.607. The summed E-state index contributed by atoms with van der Waals surface area (Å²) in [5.74, 6) is -2.03. The van der Waals surface area contributed by atoms with Gasteiger partial charge in [-0.05, 0) is 51.0 Å². The average molecular weight is 528 g/mol. The van der Waals surface area contributed by atoms with Crippen LogP contribution in [-0.2, 0) is 9.53 Å². The molecule has 36 heavy (non-hydrogen) atoms. The van der Waals surface area contributed by atoms with Gasteiger partial charge in [0, 0.05) is 29.8 Å². The van der Waals surface area contributed by atoms with Gasteiger partial charge in [0.25, 0.3) is 0 Å². The van der Waals surface area contributed by atoms with Crippen LogP contribution in [0.15, 0.2) is 58.1 Å². The van der Waals surface area contributed by atoms with E-state index in [0.29, 0.717) is 11.2 Å². The highest BCUT2D eigenvalue weighted by Gasteiger charge is 2.38. The van der Waals surface area contributed by atoms with E-state index < -0.39 is 18.1 Å². The topological polar surface area (TPSA) is 49.8 Å². The van der Waals surface area contributed by atoms with Crippen LogP contribution < -0.4 is 0 Å². The number of carboxylic acids is 1. The summed E-state index contributed by atoms with van der Waals surface area (Å²) < 4.78 is 44.1. The van der Waals surface area contributed by atoms with E-state index in [4.69, 9.17) is 9.84 Å². The highest BCUT2D eigenvalue weighted by Crippen LogP contribution is 2.43. The predicted octanol–water partition coefficient (Wildman–Crippen LogP) is 7.17. The molecule has 0 saturated carbocycles. The van der Waals surface area contributed by atoms with Gasteiger partial charge in [-0.3, -0.25) is 0 Å². The highest BCUT2D eigenvalue weighted by atomic mass is 32.2. The second kappa shape index (κ2) is 14.8. The van der Waals surface area contributed by atoms with Crippen molar-refractivity contribution < 1.29 is 27.8 Å². The molecule has 0 fully saturated rings. The molecule has 1 aliphatic carbocycles. The Morgan fingerprint density at radius 3 is 2.44 bits per heavy atom. The molecule has 0 aromatic rings. The molecule has 4 nitrogen and oxygen atoms in total. The highest BCUT2D eigenvalue weighted by molar-refractivity contribution is 8.04. The van der Waals surface area contributed by atoms with Crippen LogP contribution in [0, 0.1) is 11.8 Å². The minimum Gasteiger partial charge on any atom is -0.480 e. The number of aliphatic carboxylic acids is 1. The lowest BCUT2D eigenvalue weighted by Gasteiger charge is -2.28. The van der Waals surface area contributed by atoms with Gasteiger partial charge < -0.3 is 14.7 Å². The van der Waals surface area contributed by atoms with E-state index >= 15 is 0 Å². The van der Waals surface area contributed by atoms with E-state index in [-0.39, 0.29) is 19.6 Å². The lowest BCUT2D eigenvalue weighted by Crippen LogP contribution is -2.34. The molecular weight excluding hydrogens is 487 g/mol. The summed E-state index contributed by atoms with van der Waals surface area (Å²) in [6, 6.07) is 0. The molecule has 1 aliphatic heterocycles. The minimum absolute atomic E-state index is 0.00321. The second-order valence-corrected chi connectivity index (χ2v) is 10.9. The Balaban J connectivity index is 1.96. The van der Waals surface area contributed by atoms with Crippen molar-refractivity contribution in [2.75, 3.05) is 32.8 Å². The Kier molecular flexibility index (Phi) is 12.6. The van der Waals surface area contributed by atoms with Crippen molar-refractivity contribution >= 4 is 17.7 Å². The maximum absolute atomic E-state index is 13.0. The summed E-state index contributed by atoms with van der Waals surface area (Å²) in [6.45, 7) is 11.2. The molecule has 1 heterocycles. The predicted molar refractivity (Wildman–Crippen MR) is 142 cm³/mol. The zero-order valence-electron chi connectivity index (χ0n) is 21.8. The molecule has 0 aromatic carbocycles. The van der Waals surface area contributed by atoms with Crippen LogP contribution in [0.5, 0.6) is 0 Å². The summed E-state index contributed by atoms with van der Waals surface area (Å²) in [5, 5.41) is 9.03. The molecule has 1 N–H and O–H groups in total. The van der Waals surface area contributed by atoms with Crippen molar-refractivity contribution in [1.82, 2.24) is 4.90 Å². The molecule has 8 heteroatoms. The van der Waals surface area contributed by atoms with Gasteiger partial charge in [0.1, 0.15) is 6.61 Å². The number of hydrogen-bond donors (Lipinski definition) is 1. The molecule has 202 valence electrons. The van der Waals surface area contributed by atoms with E-state index in [1.54, 1.807) is 23.9 Å². The van der Waals surface area contributed by atoms with Gasteiger partial charge in [0.05, 0.1) is 12.5 Å². The van der Waals surface area contributed by atoms with Gasteiger partial charge in [-0.15, -0.1) is 11.8 Å². The van der Waals surface area contributed by atoms with Gasteiger partial charge in [0.15, 0.2) is 0 Å². The van der Waals surface area contributed by atoms with Crippen molar-refractivity contribution in [2.45, 2.75) is 64.8 Å². The lowest BCUT2D eigenvalue weighted by molar-refractivity contribution is -0.160. The Hall–Kier alpha value is -1.77. The van der Waals surface area contributed by atoms with Gasteiger partial charge in [-0.2, -0.15) is 13.2 Å². The standard InChI is InChI=1S/C28H40F3NO3S/c1-5-6-20(2)11-14-32(15-12-21(3)13-16-35-19-27(33)34)18-26-22(4)17-25(36-26)23-7-9-24(10-8-23)28(29,30)31/h6-9,13,17,22,24,26H,5,10-12,14-16,18-19H2,1-4H3,(H,33,34)/b20-6+,21-13+. The number of ether oxygens (including phenoxy) is 1. The molecule has 0 radical (unpaired) electrons. The van der Waals surface area contributed by atoms with E-state index in [9.17, 15) is 18.0 Å². The third-order valence-electron chi connectivity index (χ3n) is 6.49. The van der Waals surface area contributed by atoms with Gasteiger partial charge in [-0.1, -0.05) is 61.4 Å². The van der Waals surface area contributed by atoms with E-state index in [1.807, 2.05) is 13.0 Å². The number of carbonyl (C=O) groups is 1. The lowest BCUT2D eigenvalue weighted by atomic mass is 9.95. The number of carboxylic acid groups (broad SMARTS) is 1. The van der Waals surface area contributed by atoms with Crippen LogP contribution in [0.1, 0.15) is 53.4 Å². The summed E-state index contributed by atoms with van der Waals surface area (Å²) in [5.41, 5.74) is 3.44. The smallest absolute Gasteiger partial charge is 0.395 e. The first-order chi connectivity index (χ1) is 17.0. The molecule has 3 unspecified atom stereocenters. The normalized spacial score (nSPS) is 23.3. The number of halogens is 3. The van der Waals surface area contributed by atoms with Crippen LogP contribution in [0.4, 0.5) is 13.2 Å².